The van der Waals surface area contributed by atoms with E-state index in [0.29, 0.717) is 0 Å². The Morgan fingerprint density at radius 2 is 2.14 bits per heavy atom. The maximum absolute atomic E-state index is 5.33. The van der Waals surface area contributed by atoms with Crippen LogP contribution in [0.25, 0.3) is 0 Å². The fraction of sp³-hybridized carbons (Fsp3) is 0.750. The van der Waals surface area contributed by atoms with Crippen LogP contribution < -0.4 is 11.2 Å². The lowest BCUT2D eigenvalue weighted by atomic mass is 10.7. The van der Waals surface area contributed by atoms with E-state index in [1.54, 1.807) is 4.68 Å². The Morgan fingerprint density at radius 3 is 2.14 bits per heavy atom. The third-order valence-corrected chi connectivity index (χ3v) is 0.864. The van der Waals surface area contributed by atoms with Crippen molar-refractivity contribution in [2.75, 3.05) is 14.1 Å². The van der Waals surface area contributed by atoms with E-state index in [9.17, 15) is 0 Å². The molecule has 42 valence electrons. The van der Waals surface area contributed by atoms with Gasteiger partial charge in [0, 0.05) is 14.0 Å². The molecule has 0 aliphatic carbocycles. The van der Waals surface area contributed by atoms with Gasteiger partial charge < -0.3 is 0 Å². The van der Waals surface area contributed by atoms with E-state index in [2.05, 4.69) is 5.43 Å². The van der Waals surface area contributed by atoms with E-state index >= 15 is 0 Å². The molecule has 0 aromatic carbocycles. The SMILES string of the molecule is CN/[N+](C)=C(/C)N. The highest BCUT2D eigenvalue weighted by molar-refractivity contribution is 5.71. The first-order valence-corrected chi connectivity index (χ1v) is 2.18. The van der Waals surface area contributed by atoms with Crippen LogP contribution in [0.1, 0.15) is 6.92 Å². The number of hydrazine groups is 1. The summed E-state index contributed by atoms with van der Waals surface area (Å²) in [5, 5.41) is 0. The number of nitrogens with zero attached hydrogens (tertiary/aromatic N) is 1. The Kier molecular flexibility index (Phi) is 2.19. The Hall–Kier alpha value is -0.730. The quantitative estimate of drug-likeness (QED) is 0.196. The second kappa shape index (κ2) is 2.44. The molecule has 0 aromatic rings. The summed E-state index contributed by atoms with van der Waals surface area (Å²) in [6.45, 7) is 1.83. The van der Waals surface area contributed by atoms with Crippen molar-refractivity contribution in [3.8, 4) is 0 Å². The lowest BCUT2D eigenvalue weighted by Crippen LogP contribution is -2.30. The summed E-state index contributed by atoms with van der Waals surface area (Å²) >= 11 is 0. The van der Waals surface area contributed by atoms with Crippen LogP contribution in [0.5, 0.6) is 0 Å². The van der Waals surface area contributed by atoms with Crippen molar-refractivity contribution in [1.82, 2.24) is 5.43 Å². The Bertz CT molecular complexity index is 80.9. The van der Waals surface area contributed by atoms with E-state index in [0.717, 1.165) is 5.84 Å². The second-order valence-corrected chi connectivity index (χ2v) is 1.42. The standard InChI is InChI=1S/C4H11N3/c1-4(5)7(3)6-2/h5-6H,1-3H3/p+1. The highest BCUT2D eigenvalue weighted by Gasteiger charge is 1.87. The van der Waals surface area contributed by atoms with Crippen LogP contribution in [0, 0.1) is 0 Å². The van der Waals surface area contributed by atoms with Crippen molar-refractivity contribution in [1.29, 1.82) is 0 Å². The van der Waals surface area contributed by atoms with Crippen molar-refractivity contribution in [3.05, 3.63) is 0 Å². The van der Waals surface area contributed by atoms with Crippen LogP contribution in [0.3, 0.4) is 0 Å². The highest BCUT2D eigenvalue weighted by Crippen LogP contribution is 1.54. The number of amidine groups is 1. The third kappa shape index (κ3) is 2.03. The molecule has 0 aliphatic rings. The highest BCUT2D eigenvalue weighted by atomic mass is 15.4. The second-order valence-electron chi connectivity index (χ2n) is 1.42. The molecule has 0 rings (SSSR count). The molecule has 0 atom stereocenters. The zero-order chi connectivity index (χ0) is 5.86. The van der Waals surface area contributed by atoms with Gasteiger partial charge >= 0.3 is 0 Å². The van der Waals surface area contributed by atoms with Gasteiger partial charge in [0.15, 0.2) is 0 Å². The molecule has 3 heteroatoms. The van der Waals surface area contributed by atoms with E-state index in [1.165, 1.54) is 0 Å². The zero-order valence-electron chi connectivity index (χ0n) is 5.02. The number of nitrogens with one attached hydrogen (secondary N) is 1. The molecule has 7 heavy (non-hydrogen) atoms. The fourth-order valence-electron chi connectivity index (χ4n) is 0.176. The van der Waals surface area contributed by atoms with Gasteiger partial charge in [0.25, 0.3) is 5.84 Å². The molecule has 0 aliphatic heterocycles. The van der Waals surface area contributed by atoms with Gasteiger partial charge in [-0.2, -0.15) is 4.68 Å². The summed E-state index contributed by atoms with van der Waals surface area (Å²) in [6.07, 6.45) is 0. The normalized spacial score (nSPS) is 13.0. The maximum Gasteiger partial charge on any atom is 0.262 e. The van der Waals surface area contributed by atoms with Crippen LogP contribution >= 0.6 is 0 Å². The van der Waals surface area contributed by atoms with Gasteiger partial charge in [0.2, 0.25) is 0 Å². The molecule has 0 radical (unpaired) electrons. The minimum absolute atomic E-state index is 0.766. The average molecular weight is 102 g/mol. The summed E-state index contributed by atoms with van der Waals surface area (Å²) in [4.78, 5) is 0. The first kappa shape index (κ1) is 6.27. The third-order valence-electron chi connectivity index (χ3n) is 0.864. The molecule has 3 N–H and O–H groups in total. The number of nitrogens with two attached hydrogens (primary N) is 1. The monoisotopic (exact) mass is 102 g/mol. The van der Waals surface area contributed by atoms with E-state index < -0.39 is 0 Å². The first-order valence-electron chi connectivity index (χ1n) is 2.18. The van der Waals surface area contributed by atoms with Crippen LogP contribution in [-0.2, 0) is 0 Å². The topological polar surface area (TPSA) is 41.1 Å². The van der Waals surface area contributed by atoms with Crippen LogP contribution in [0.2, 0.25) is 0 Å². The predicted molar refractivity (Wildman–Crippen MR) is 30.1 cm³/mol. The minimum atomic E-state index is 0.766. The smallest absolute Gasteiger partial charge is 0.262 e. The van der Waals surface area contributed by atoms with E-state index in [4.69, 9.17) is 5.73 Å². The van der Waals surface area contributed by atoms with Crippen molar-refractivity contribution in [2.24, 2.45) is 5.73 Å². The summed E-state index contributed by atoms with van der Waals surface area (Å²) in [7, 11) is 3.67. The number of hydrazone groups is 1. The number of hydrogen-bond donors (Lipinski definition) is 2. The van der Waals surface area contributed by atoms with Gasteiger partial charge in [-0.1, -0.05) is 0 Å². The minimum Gasteiger partial charge on any atom is -0.290 e. The van der Waals surface area contributed by atoms with Crippen LogP contribution in [0.15, 0.2) is 0 Å². The molecule has 0 bridgehead atoms. The van der Waals surface area contributed by atoms with Crippen molar-refractivity contribution < 1.29 is 4.68 Å². The molecule has 0 amide bonds. The lowest BCUT2D eigenvalue weighted by Gasteiger charge is -1.95. The summed E-state index contributed by atoms with van der Waals surface area (Å²) in [5.41, 5.74) is 8.16. The van der Waals surface area contributed by atoms with Gasteiger partial charge in [-0.25, -0.2) is 0 Å². The molecule has 0 unspecified atom stereocenters. The summed E-state index contributed by atoms with van der Waals surface area (Å²) in [6, 6.07) is 0. The fourth-order valence-corrected chi connectivity index (χ4v) is 0.176. The Labute approximate surface area is 43.8 Å². The predicted octanol–water partition coefficient (Wildman–Crippen LogP) is -0.860. The van der Waals surface area contributed by atoms with Gasteiger partial charge in [0.1, 0.15) is 7.05 Å². The largest absolute Gasteiger partial charge is 0.290 e. The van der Waals surface area contributed by atoms with E-state index in [1.807, 2.05) is 21.0 Å². The van der Waals surface area contributed by atoms with Gasteiger partial charge in [-0.3, -0.25) is 11.2 Å². The molecule has 0 saturated carbocycles. The van der Waals surface area contributed by atoms with Gasteiger partial charge in [-0.15, -0.1) is 0 Å². The van der Waals surface area contributed by atoms with Gasteiger partial charge in [0.05, 0.1) is 0 Å². The lowest BCUT2D eigenvalue weighted by molar-refractivity contribution is -0.556. The maximum atomic E-state index is 5.33. The van der Waals surface area contributed by atoms with Crippen LogP contribution in [0.4, 0.5) is 0 Å². The van der Waals surface area contributed by atoms with Gasteiger partial charge in [-0.05, 0) is 0 Å². The Morgan fingerprint density at radius 1 is 1.71 bits per heavy atom. The summed E-state index contributed by atoms with van der Waals surface area (Å²) < 4.78 is 1.74. The molecule has 0 spiro atoms. The molecule has 0 fully saturated rings. The molecule has 0 saturated heterocycles. The van der Waals surface area contributed by atoms with Crippen molar-refractivity contribution >= 4 is 5.84 Å². The van der Waals surface area contributed by atoms with Crippen molar-refractivity contribution in [2.45, 2.75) is 6.92 Å². The molecular weight excluding hydrogens is 90.1 g/mol. The number of rotatable bonds is 1. The van der Waals surface area contributed by atoms with Crippen molar-refractivity contribution in [3.63, 3.8) is 0 Å². The van der Waals surface area contributed by atoms with E-state index in [-0.39, 0.29) is 0 Å². The molecule has 3 nitrogen and oxygen atoms in total. The average Bonchev–Trinajstić information content (AvgIpc) is 1.65. The summed E-state index contributed by atoms with van der Waals surface area (Å²) in [5.74, 6) is 0.766. The molecule has 0 aromatic heterocycles. The zero-order valence-corrected chi connectivity index (χ0v) is 5.02. The molecular formula is C4H12N3+. The van der Waals surface area contributed by atoms with Crippen LogP contribution in [-0.4, -0.2) is 24.6 Å². The number of hydrogen-bond acceptors (Lipinski definition) is 1. The first-order chi connectivity index (χ1) is 3.18. The molecule has 0 heterocycles. The Balaban J connectivity index is 3.72.